The molecule has 9 heteroatoms. The largest absolute Gasteiger partial charge is 0.396 e. The van der Waals surface area contributed by atoms with Crippen LogP contribution in [0.25, 0.3) is 0 Å². The van der Waals surface area contributed by atoms with Crippen molar-refractivity contribution in [1.82, 2.24) is 25.1 Å². The summed E-state index contributed by atoms with van der Waals surface area (Å²) in [6.07, 6.45) is 5.61. The van der Waals surface area contributed by atoms with Crippen LogP contribution in [0.2, 0.25) is 0 Å². The van der Waals surface area contributed by atoms with E-state index in [1.165, 1.54) is 0 Å². The van der Waals surface area contributed by atoms with Crippen LogP contribution in [-0.2, 0) is 9.53 Å². The number of nitrogens with zero attached hydrogens (tertiary/aromatic N) is 3. The highest BCUT2D eigenvalue weighted by Crippen LogP contribution is 2.48. The summed E-state index contributed by atoms with van der Waals surface area (Å²) in [5.74, 6) is 0.171. The molecule has 0 radical (unpaired) electrons. The van der Waals surface area contributed by atoms with Crippen LogP contribution in [0.15, 0.2) is 6.33 Å². The molecule has 3 atom stereocenters. The van der Waals surface area contributed by atoms with E-state index in [1.54, 1.807) is 6.33 Å². The van der Waals surface area contributed by atoms with Crippen molar-refractivity contribution in [1.29, 1.82) is 0 Å². The lowest BCUT2D eigenvalue weighted by Crippen LogP contribution is -2.61. The maximum Gasteiger partial charge on any atom is 0.274 e. The van der Waals surface area contributed by atoms with E-state index in [9.17, 15) is 9.59 Å². The van der Waals surface area contributed by atoms with Crippen molar-refractivity contribution in [3.05, 3.63) is 17.7 Å². The first-order chi connectivity index (χ1) is 15.0. The van der Waals surface area contributed by atoms with Crippen LogP contribution < -0.4 is 5.32 Å². The maximum atomic E-state index is 13.4. The summed E-state index contributed by atoms with van der Waals surface area (Å²) in [7, 11) is 0. The number of aromatic nitrogens is 2. The molecule has 3 heterocycles. The van der Waals surface area contributed by atoms with Crippen molar-refractivity contribution in [3.8, 4) is 0 Å². The molecular weight excluding hydrogens is 398 g/mol. The quantitative estimate of drug-likeness (QED) is 0.565. The van der Waals surface area contributed by atoms with Crippen LogP contribution in [0.5, 0.6) is 0 Å². The number of imidazole rings is 1. The standard InChI is InChI=1S/C22H35N5O4/c1-16-19(25-15-24-16)20(29)27-7-4-17-13-18(26-8-11-31-12-9-26)3-5-22(17,14-27)21(30)23-6-2-10-28/h15,17-18,28H,2-14H2,1H3,(H,23,30)(H,24,25)/t17-,18+,22-/m1/s1. The Morgan fingerprint density at radius 3 is 2.84 bits per heavy atom. The predicted octanol–water partition coefficient (Wildman–Crippen LogP) is 0.550. The number of fused-ring (bicyclic) bond motifs is 1. The zero-order chi connectivity index (χ0) is 21.8. The number of rotatable bonds is 6. The molecule has 2 saturated heterocycles. The number of aliphatic hydroxyl groups excluding tert-OH is 1. The summed E-state index contributed by atoms with van der Waals surface area (Å²) >= 11 is 0. The summed E-state index contributed by atoms with van der Waals surface area (Å²) in [5.41, 5.74) is 0.622. The summed E-state index contributed by atoms with van der Waals surface area (Å²) in [5, 5.41) is 12.2. The average molecular weight is 434 g/mol. The Kier molecular flexibility index (Phi) is 6.93. The van der Waals surface area contributed by atoms with Crippen molar-refractivity contribution >= 4 is 11.8 Å². The van der Waals surface area contributed by atoms with Crippen molar-refractivity contribution in [2.45, 2.75) is 45.1 Å². The molecule has 3 aliphatic rings. The molecule has 0 aromatic carbocycles. The summed E-state index contributed by atoms with van der Waals surface area (Å²) in [6.45, 7) is 6.91. The number of hydrogen-bond acceptors (Lipinski definition) is 6. The van der Waals surface area contributed by atoms with Gasteiger partial charge < -0.3 is 25.0 Å². The number of hydrogen-bond donors (Lipinski definition) is 3. The fourth-order valence-corrected chi connectivity index (χ4v) is 5.63. The third-order valence-corrected chi connectivity index (χ3v) is 7.44. The van der Waals surface area contributed by atoms with Gasteiger partial charge in [0.2, 0.25) is 5.91 Å². The first-order valence-corrected chi connectivity index (χ1v) is 11.6. The van der Waals surface area contributed by atoms with Gasteiger partial charge in [0.05, 0.1) is 25.0 Å². The Hall–Kier alpha value is -1.97. The molecule has 4 rings (SSSR count). The van der Waals surface area contributed by atoms with E-state index in [0.29, 0.717) is 37.8 Å². The molecule has 0 unspecified atom stereocenters. The second kappa shape index (κ2) is 9.67. The summed E-state index contributed by atoms with van der Waals surface area (Å²) < 4.78 is 5.52. The van der Waals surface area contributed by atoms with Gasteiger partial charge >= 0.3 is 0 Å². The molecule has 1 aromatic heterocycles. The number of piperidine rings is 1. The van der Waals surface area contributed by atoms with Gasteiger partial charge in [-0.25, -0.2) is 4.98 Å². The fraction of sp³-hybridized carbons (Fsp3) is 0.773. The predicted molar refractivity (Wildman–Crippen MR) is 115 cm³/mol. The van der Waals surface area contributed by atoms with Crippen LogP contribution in [0, 0.1) is 18.3 Å². The highest BCUT2D eigenvalue weighted by atomic mass is 16.5. The van der Waals surface area contributed by atoms with E-state index in [-0.39, 0.29) is 24.3 Å². The van der Waals surface area contributed by atoms with Crippen LogP contribution in [-0.4, -0.2) is 95.3 Å². The topological polar surface area (TPSA) is 111 Å². The number of likely N-dealkylation sites (tertiary alicyclic amines) is 1. The average Bonchev–Trinajstić information content (AvgIpc) is 3.24. The molecule has 0 bridgehead atoms. The smallest absolute Gasteiger partial charge is 0.274 e. The van der Waals surface area contributed by atoms with Gasteiger partial charge in [0.15, 0.2) is 0 Å². The third-order valence-electron chi connectivity index (χ3n) is 7.44. The van der Waals surface area contributed by atoms with Crippen molar-refractivity contribution in [2.24, 2.45) is 11.3 Å². The van der Waals surface area contributed by atoms with E-state index in [4.69, 9.17) is 9.84 Å². The molecule has 3 fully saturated rings. The molecule has 172 valence electrons. The zero-order valence-corrected chi connectivity index (χ0v) is 18.4. The van der Waals surface area contributed by atoms with Crippen molar-refractivity contribution in [2.75, 3.05) is 52.5 Å². The zero-order valence-electron chi connectivity index (χ0n) is 18.4. The first kappa shape index (κ1) is 22.2. The highest BCUT2D eigenvalue weighted by Gasteiger charge is 2.53. The fourth-order valence-electron chi connectivity index (χ4n) is 5.63. The van der Waals surface area contributed by atoms with E-state index >= 15 is 0 Å². The normalized spacial score (nSPS) is 29.4. The first-order valence-electron chi connectivity index (χ1n) is 11.6. The Labute approximate surface area is 183 Å². The van der Waals surface area contributed by atoms with Gasteiger partial charge in [-0.1, -0.05) is 0 Å². The van der Waals surface area contributed by atoms with Crippen LogP contribution in [0.4, 0.5) is 0 Å². The van der Waals surface area contributed by atoms with Gasteiger partial charge in [0.25, 0.3) is 5.91 Å². The highest BCUT2D eigenvalue weighted by molar-refractivity contribution is 5.94. The second-order valence-corrected chi connectivity index (χ2v) is 9.15. The van der Waals surface area contributed by atoms with E-state index in [0.717, 1.165) is 57.7 Å². The molecule has 1 aliphatic carbocycles. The Morgan fingerprint density at radius 2 is 2.13 bits per heavy atom. The van der Waals surface area contributed by atoms with Gasteiger partial charge in [0.1, 0.15) is 5.69 Å². The summed E-state index contributed by atoms with van der Waals surface area (Å²) in [6, 6.07) is 0.475. The minimum absolute atomic E-state index is 0.0302. The number of carbonyl (C=O) groups excluding carboxylic acids is 2. The molecular formula is C22H35N5O4. The number of nitrogens with one attached hydrogen (secondary N) is 2. The Balaban J connectivity index is 1.52. The number of carbonyl (C=O) groups is 2. The maximum absolute atomic E-state index is 13.4. The number of aliphatic hydroxyl groups is 1. The number of aromatic amines is 1. The molecule has 0 spiro atoms. The minimum Gasteiger partial charge on any atom is -0.396 e. The van der Waals surface area contributed by atoms with Gasteiger partial charge in [-0.3, -0.25) is 14.5 Å². The lowest BCUT2D eigenvalue weighted by Gasteiger charge is -2.53. The molecule has 31 heavy (non-hydrogen) atoms. The van der Waals surface area contributed by atoms with Crippen molar-refractivity contribution < 1.29 is 19.4 Å². The number of H-pyrrole nitrogens is 1. The molecule has 1 saturated carbocycles. The molecule has 2 amide bonds. The van der Waals surface area contributed by atoms with Crippen LogP contribution in [0.1, 0.15) is 48.3 Å². The van der Waals surface area contributed by atoms with Gasteiger partial charge in [-0.2, -0.15) is 0 Å². The van der Waals surface area contributed by atoms with Gasteiger partial charge in [-0.05, 0) is 44.9 Å². The van der Waals surface area contributed by atoms with E-state index < -0.39 is 5.41 Å². The van der Waals surface area contributed by atoms with Crippen molar-refractivity contribution in [3.63, 3.8) is 0 Å². The molecule has 2 aliphatic heterocycles. The number of amides is 2. The lowest BCUT2D eigenvalue weighted by atomic mass is 9.60. The summed E-state index contributed by atoms with van der Waals surface area (Å²) in [4.78, 5) is 38.1. The minimum atomic E-state index is -0.573. The second-order valence-electron chi connectivity index (χ2n) is 9.15. The SMILES string of the molecule is Cc1[nH]cnc1C(=O)N1CC[C@@H]2C[C@@H](N3CCOCC3)CC[C@@]2(C(=O)NCCCO)C1. The Morgan fingerprint density at radius 1 is 1.32 bits per heavy atom. The van der Waals surface area contributed by atoms with Gasteiger partial charge in [-0.15, -0.1) is 0 Å². The molecule has 1 aromatic rings. The van der Waals surface area contributed by atoms with E-state index in [2.05, 4.69) is 20.2 Å². The number of aryl methyl sites for hydroxylation is 1. The van der Waals surface area contributed by atoms with Crippen LogP contribution in [0.3, 0.4) is 0 Å². The van der Waals surface area contributed by atoms with Crippen LogP contribution >= 0.6 is 0 Å². The van der Waals surface area contributed by atoms with E-state index in [1.807, 2.05) is 11.8 Å². The lowest BCUT2D eigenvalue weighted by molar-refractivity contribution is -0.143. The third kappa shape index (κ3) is 4.49. The number of morpholine rings is 1. The molecule has 3 N–H and O–H groups in total. The monoisotopic (exact) mass is 433 g/mol. The van der Waals surface area contributed by atoms with Gasteiger partial charge in [0, 0.05) is 51.1 Å². The number of ether oxygens (including phenoxy) is 1. The Bertz CT molecular complexity index is 778. The molecule has 9 nitrogen and oxygen atoms in total.